The quantitative estimate of drug-likeness (QED) is 0.707. The molecule has 27 heavy (non-hydrogen) atoms. The highest BCUT2D eigenvalue weighted by Crippen LogP contribution is 2.23. The molecule has 1 aromatic carbocycles. The van der Waals surface area contributed by atoms with Crippen LogP contribution in [0.4, 0.5) is 9.93 Å². The standard InChI is InChI=1S/C18H21N5O3S/c1-3-14-21-22-16(27-14)19-13(24)11-23-15(25)18(2,20-17(23)26)10-9-12-7-5-4-6-8-12/h4-8H,3,9-11H2,1-2H3,(H,20,26)(H,19,22,24)/t18-/m1/s1. The van der Waals surface area contributed by atoms with Crippen LogP contribution in [0.5, 0.6) is 0 Å². The van der Waals surface area contributed by atoms with Crippen LogP contribution < -0.4 is 10.6 Å². The number of nitrogens with one attached hydrogen (secondary N) is 2. The van der Waals surface area contributed by atoms with Crippen LogP contribution in [0, 0.1) is 0 Å². The second-order valence-electron chi connectivity index (χ2n) is 6.54. The van der Waals surface area contributed by atoms with Crippen LogP contribution in [0.25, 0.3) is 0 Å². The van der Waals surface area contributed by atoms with Gasteiger partial charge < -0.3 is 5.32 Å². The molecule has 0 saturated carbocycles. The van der Waals surface area contributed by atoms with Crippen molar-refractivity contribution in [2.24, 2.45) is 0 Å². The molecule has 2 aromatic rings. The summed E-state index contributed by atoms with van der Waals surface area (Å²) in [6.45, 7) is 3.27. The Labute approximate surface area is 161 Å². The van der Waals surface area contributed by atoms with Crippen LogP contribution in [0.3, 0.4) is 0 Å². The highest BCUT2D eigenvalue weighted by atomic mass is 32.1. The molecule has 0 unspecified atom stereocenters. The molecule has 8 nitrogen and oxygen atoms in total. The summed E-state index contributed by atoms with van der Waals surface area (Å²) < 4.78 is 0. The van der Waals surface area contributed by atoms with E-state index in [1.165, 1.54) is 11.3 Å². The molecule has 1 aromatic heterocycles. The smallest absolute Gasteiger partial charge is 0.323 e. The van der Waals surface area contributed by atoms with E-state index >= 15 is 0 Å². The Bertz CT molecular complexity index is 854. The summed E-state index contributed by atoms with van der Waals surface area (Å²) in [5.74, 6) is -0.880. The Balaban J connectivity index is 1.60. The van der Waals surface area contributed by atoms with Crippen molar-refractivity contribution >= 4 is 34.3 Å². The van der Waals surface area contributed by atoms with E-state index in [1.54, 1.807) is 6.92 Å². The third-order valence-electron chi connectivity index (χ3n) is 4.42. The minimum Gasteiger partial charge on any atom is -0.323 e. The van der Waals surface area contributed by atoms with Crippen molar-refractivity contribution in [3.63, 3.8) is 0 Å². The first-order chi connectivity index (χ1) is 12.9. The number of imide groups is 1. The number of hydrogen-bond acceptors (Lipinski definition) is 6. The van der Waals surface area contributed by atoms with Crippen LogP contribution >= 0.6 is 11.3 Å². The van der Waals surface area contributed by atoms with Gasteiger partial charge >= 0.3 is 6.03 Å². The molecule has 4 amide bonds. The molecule has 0 spiro atoms. The van der Waals surface area contributed by atoms with E-state index < -0.39 is 23.4 Å². The summed E-state index contributed by atoms with van der Waals surface area (Å²) in [7, 11) is 0. The van der Waals surface area contributed by atoms with Gasteiger partial charge in [0.1, 0.15) is 17.1 Å². The molecule has 142 valence electrons. The third-order valence-corrected chi connectivity index (χ3v) is 5.40. The Morgan fingerprint density at radius 1 is 1.26 bits per heavy atom. The number of aryl methyl sites for hydroxylation is 2. The van der Waals surface area contributed by atoms with E-state index in [2.05, 4.69) is 20.8 Å². The zero-order valence-corrected chi connectivity index (χ0v) is 16.0. The van der Waals surface area contributed by atoms with Crippen molar-refractivity contribution in [3.8, 4) is 0 Å². The number of anilines is 1. The summed E-state index contributed by atoms with van der Waals surface area (Å²) in [5, 5.41) is 14.2. The zero-order chi connectivity index (χ0) is 19.4. The third kappa shape index (κ3) is 4.30. The van der Waals surface area contributed by atoms with Gasteiger partial charge in [-0.3, -0.25) is 19.8 Å². The van der Waals surface area contributed by atoms with Gasteiger partial charge in [-0.1, -0.05) is 48.6 Å². The van der Waals surface area contributed by atoms with Gasteiger partial charge in [-0.25, -0.2) is 4.79 Å². The van der Waals surface area contributed by atoms with E-state index in [1.807, 2.05) is 37.3 Å². The van der Waals surface area contributed by atoms with Gasteiger partial charge in [0.05, 0.1) is 0 Å². The minimum atomic E-state index is -1.02. The second kappa shape index (κ2) is 7.83. The lowest BCUT2D eigenvalue weighted by Gasteiger charge is -2.21. The summed E-state index contributed by atoms with van der Waals surface area (Å²) in [6.07, 6.45) is 1.82. The topological polar surface area (TPSA) is 104 Å². The lowest BCUT2D eigenvalue weighted by Crippen LogP contribution is -2.45. The predicted octanol–water partition coefficient (Wildman–Crippen LogP) is 1.98. The number of amides is 4. The van der Waals surface area contributed by atoms with Gasteiger partial charge in [-0.05, 0) is 31.7 Å². The highest BCUT2D eigenvalue weighted by molar-refractivity contribution is 7.15. The fourth-order valence-corrected chi connectivity index (χ4v) is 3.54. The minimum absolute atomic E-state index is 0.355. The number of carbonyl (C=O) groups is 3. The lowest BCUT2D eigenvalue weighted by molar-refractivity contribution is -0.133. The maximum atomic E-state index is 12.7. The molecule has 1 aliphatic heterocycles. The Morgan fingerprint density at radius 2 is 2.00 bits per heavy atom. The average molecular weight is 387 g/mol. The molecule has 2 heterocycles. The van der Waals surface area contributed by atoms with Crippen molar-refractivity contribution in [1.82, 2.24) is 20.4 Å². The summed E-state index contributed by atoms with van der Waals surface area (Å²) in [5.41, 5.74) is 0.0608. The molecule has 9 heteroatoms. The fraction of sp³-hybridized carbons (Fsp3) is 0.389. The van der Waals surface area contributed by atoms with E-state index in [9.17, 15) is 14.4 Å². The van der Waals surface area contributed by atoms with Crippen molar-refractivity contribution < 1.29 is 14.4 Å². The Hall–Kier alpha value is -2.81. The second-order valence-corrected chi connectivity index (χ2v) is 7.60. The monoisotopic (exact) mass is 387 g/mol. The highest BCUT2D eigenvalue weighted by Gasteiger charge is 2.47. The number of urea groups is 1. The van der Waals surface area contributed by atoms with Crippen molar-refractivity contribution in [3.05, 3.63) is 40.9 Å². The molecular formula is C18H21N5O3S. The van der Waals surface area contributed by atoms with E-state index in [4.69, 9.17) is 0 Å². The van der Waals surface area contributed by atoms with Crippen LogP contribution in [0.1, 0.15) is 30.8 Å². The number of aromatic nitrogens is 2. The molecular weight excluding hydrogens is 366 g/mol. The molecule has 1 saturated heterocycles. The SMILES string of the molecule is CCc1nnc(NC(=O)CN2C(=O)N[C@](C)(CCc3ccccc3)C2=O)s1. The van der Waals surface area contributed by atoms with Crippen LogP contribution in [-0.4, -0.2) is 45.0 Å². The van der Waals surface area contributed by atoms with Crippen LogP contribution in [0.15, 0.2) is 30.3 Å². The molecule has 3 rings (SSSR count). The normalized spacial score (nSPS) is 19.3. The largest absolute Gasteiger partial charge is 0.325 e. The number of benzene rings is 1. The zero-order valence-electron chi connectivity index (χ0n) is 15.2. The molecule has 0 radical (unpaired) electrons. The number of nitrogens with zero attached hydrogens (tertiary/aromatic N) is 3. The van der Waals surface area contributed by atoms with Gasteiger partial charge in [0.15, 0.2) is 0 Å². The molecule has 2 N–H and O–H groups in total. The molecule has 0 aliphatic carbocycles. The maximum absolute atomic E-state index is 12.7. The van der Waals surface area contributed by atoms with E-state index in [0.29, 0.717) is 18.0 Å². The number of hydrogen-bond donors (Lipinski definition) is 2. The first-order valence-electron chi connectivity index (χ1n) is 8.71. The van der Waals surface area contributed by atoms with E-state index in [-0.39, 0.29) is 6.54 Å². The van der Waals surface area contributed by atoms with Crippen molar-refractivity contribution in [2.75, 3.05) is 11.9 Å². The Kier molecular flexibility index (Phi) is 5.50. The Morgan fingerprint density at radius 3 is 2.67 bits per heavy atom. The van der Waals surface area contributed by atoms with E-state index in [0.717, 1.165) is 21.9 Å². The number of carbonyl (C=O) groups excluding carboxylic acids is 3. The van der Waals surface area contributed by atoms with Gasteiger partial charge in [-0.2, -0.15) is 0 Å². The maximum Gasteiger partial charge on any atom is 0.325 e. The van der Waals surface area contributed by atoms with Crippen LogP contribution in [0.2, 0.25) is 0 Å². The summed E-state index contributed by atoms with van der Waals surface area (Å²) in [4.78, 5) is 38.1. The van der Waals surface area contributed by atoms with Crippen LogP contribution in [-0.2, 0) is 22.4 Å². The molecule has 0 bridgehead atoms. The lowest BCUT2D eigenvalue weighted by atomic mass is 9.93. The summed E-state index contributed by atoms with van der Waals surface area (Å²) in [6, 6.07) is 9.18. The van der Waals surface area contributed by atoms with Gasteiger partial charge in [0.25, 0.3) is 5.91 Å². The average Bonchev–Trinajstić information content (AvgIpc) is 3.19. The molecule has 1 atom stereocenters. The first-order valence-corrected chi connectivity index (χ1v) is 9.53. The van der Waals surface area contributed by atoms with Gasteiger partial charge in [0.2, 0.25) is 11.0 Å². The van der Waals surface area contributed by atoms with Gasteiger partial charge in [-0.15, -0.1) is 10.2 Å². The fourth-order valence-electron chi connectivity index (χ4n) is 2.85. The van der Waals surface area contributed by atoms with Gasteiger partial charge in [0, 0.05) is 0 Å². The van der Waals surface area contributed by atoms with Crippen molar-refractivity contribution in [1.29, 1.82) is 0 Å². The van der Waals surface area contributed by atoms with Crippen molar-refractivity contribution in [2.45, 2.75) is 38.6 Å². The summed E-state index contributed by atoms with van der Waals surface area (Å²) >= 11 is 1.27. The predicted molar refractivity (Wildman–Crippen MR) is 101 cm³/mol. The number of rotatable bonds is 7. The first kappa shape index (κ1) is 19.0. The molecule has 1 aliphatic rings. The molecule has 1 fully saturated rings.